The minimum atomic E-state index is -5.02. The minimum Gasteiger partial charge on any atom is -0.462 e. The van der Waals surface area contributed by atoms with Gasteiger partial charge in [0.2, 0.25) is 0 Å². The molecule has 0 saturated heterocycles. The molecule has 5 atom stereocenters. The van der Waals surface area contributed by atoms with Gasteiger partial charge in [-0.2, -0.15) is 0 Å². The number of aliphatic hydroxyl groups is 1. The van der Waals surface area contributed by atoms with Gasteiger partial charge in [-0.3, -0.25) is 37.3 Å². The lowest BCUT2D eigenvalue weighted by molar-refractivity contribution is -0.161. The van der Waals surface area contributed by atoms with Crippen LogP contribution in [-0.2, 0) is 65.4 Å². The van der Waals surface area contributed by atoms with E-state index in [9.17, 15) is 43.2 Å². The zero-order valence-electron chi connectivity index (χ0n) is 69.8. The molecule has 3 N–H and O–H groups in total. The second kappa shape index (κ2) is 83.1. The molecule has 19 heteroatoms. The first-order valence-electron chi connectivity index (χ1n) is 43.0. The Morgan fingerprint density at radius 3 is 0.804 bits per heavy atom. The molecule has 636 valence electrons. The molecule has 0 aromatic heterocycles. The predicted octanol–water partition coefficient (Wildman–Crippen LogP) is 25.9. The SMILES string of the molecule is CC/C=C\C/C=C\C/C=C\C/C=C\C/C=C\C/C=C\CCC(=O)OCC(COP(=O)(O)OCC(O)COP(=O)(O)OCC(COC(=O)CCCCCCCC/C=C\C/C=C\C/C=C\CCCCC)OC(=O)CCCCCCC/C=C\CCCCCCCC)OC(=O)CCCCC/C=C\C/C=C\C/C=C\C/C=C\C/C=C\CC. The minimum absolute atomic E-state index is 0.0213. The number of hydrogen-bond acceptors (Lipinski definition) is 15. The molecule has 0 fully saturated rings. The van der Waals surface area contributed by atoms with Gasteiger partial charge >= 0.3 is 39.5 Å². The lowest BCUT2D eigenvalue weighted by Gasteiger charge is -2.21. The highest BCUT2D eigenvalue weighted by Crippen LogP contribution is 2.45. The van der Waals surface area contributed by atoms with Crippen molar-refractivity contribution in [3.05, 3.63) is 182 Å². The van der Waals surface area contributed by atoms with Gasteiger partial charge in [0.15, 0.2) is 12.2 Å². The fraction of sp³-hybridized carbons (Fsp3) is 0.634. The monoisotopic (exact) mass is 1600 g/mol. The molecule has 0 aliphatic heterocycles. The quantitative estimate of drug-likeness (QED) is 0.0169. The van der Waals surface area contributed by atoms with E-state index in [1.54, 1.807) is 0 Å². The number of carbonyl (C=O) groups excluding carboxylic acids is 4. The highest BCUT2D eigenvalue weighted by atomic mass is 31.2. The summed E-state index contributed by atoms with van der Waals surface area (Å²) in [4.78, 5) is 73.3. The maximum Gasteiger partial charge on any atom is 0.472 e. The zero-order valence-corrected chi connectivity index (χ0v) is 71.6. The standard InChI is InChI=1S/C93H152O17P2/c1-5-9-13-17-21-25-29-33-37-40-43-46-50-53-57-61-65-69-73-77-90(95)103-83-88(109-92(97)79-75-71-67-63-59-55-49-36-32-28-24-20-16-12-8-4)85-107-111(99,100)105-81-87(94)82-106-112(101,102)108-86-89(110-93(98)80-76-72-68-64-60-56-52-48-45-42-39-35-31-27-23-19-15-11-7-3)84-104-91(96)78-74-70-66-62-58-54-51-47-44-41-38-34-30-26-22-18-14-10-6-2/h10-11,14-15,21-23,25-27,33-39,43-49,54,56,58,60,66,70,87-89,94H,5-9,12-13,16-20,24,28-32,40-42,50-53,55,57,59,61-65,67-69,71-86H2,1-4H3,(H,99,100)(H,101,102)/b14-10-,15-11-,25-21-,26-22-,27-23-,37-33-,38-34-,39-35-,46-43-,47-44-,48-45-,49-36-,58-54-,60-56-,70-66-. The average molecular weight is 1600 g/mol. The average Bonchev–Trinajstić information content (AvgIpc) is 0.898. The Morgan fingerprint density at radius 1 is 0.259 bits per heavy atom. The van der Waals surface area contributed by atoms with Crippen molar-refractivity contribution in [1.82, 2.24) is 0 Å². The van der Waals surface area contributed by atoms with E-state index in [4.69, 9.17) is 37.0 Å². The smallest absolute Gasteiger partial charge is 0.462 e. The Hall–Kier alpha value is -5.84. The maximum absolute atomic E-state index is 13.1. The molecule has 0 bridgehead atoms. The van der Waals surface area contributed by atoms with Crippen LogP contribution in [0.4, 0.5) is 0 Å². The van der Waals surface area contributed by atoms with E-state index in [1.165, 1.54) is 57.8 Å². The molecule has 0 aliphatic rings. The molecule has 0 amide bonds. The van der Waals surface area contributed by atoms with Gasteiger partial charge in [-0.25, -0.2) is 9.13 Å². The number of unbranched alkanes of at least 4 members (excludes halogenated alkanes) is 23. The van der Waals surface area contributed by atoms with Crippen molar-refractivity contribution in [2.75, 3.05) is 39.6 Å². The number of rotatable bonds is 79. The van der Waals surface area contributed by atoms with Crippen LogP contribution < -0.4 is 0 Å². The highest BCUT2D eigenvalue weighted by Gasteiger charge is 2.30. The Morgan fingerprint density at radius 2 is 0.482 bits per heavy atom. The first-order chi connectivity index (χ1) is 54.7. The van der Waals surface area contributed by atoms with Crippen molar-refractivity contribution in [3.8, 4) is 0 Å². The van der Waals surface area contributed by atoms with Gasteiger partial charge < -0.3 is 33.8 Å². The van der Waals surface area contributed by atoms with Crippen molar-refractivity contribution in [3.63, 3.8) is 0 Å². The van der Waals surface area contributed by atoms with Crippen LogP contribution in [0, 0.1) is 0 Å². The van der Waals surface area contributed by atoms with Gasteiger partial charge in [-0.05, 0) is 173 Å². The van der Waals surface area contributed by atoms with Gasteiger partial charge in [0.1, 0.15) is 19.3 Å². The van der Waals surface area contributed by atoms with Crippen LogP contribution in [0.1, 0.15) is 323 Å². The van der Waals surface area contributed by atoms with Gasteiger partial charge in [0.05, 0.1) is 26.4 Å². The molecule has 0 aromatic rings. The number of esters is 4. The molecule has 0 aliphatic carbocycles. The van der Waals surface area contributed by atoms with Crippen LogP contribution in [-0.4, -0.2) is 96.7 Å². The lowest BCUT2D eigenvalue weighted by atomic mass is 10.1. The largest absolute Gasteiger partial charge is 0.472 e. The Balaban J connectivity index is 5.51. The topological polar surface area (TPSA) is 237 Å². The summed E-state index contributed by atoms with van der Waals surface area (Å²) < 4.78 is 68.7. The van der Waals surface area contributed by atoms with Crippen LogP contribution in [0.3, 0.4) is 0 Å². The number of phosphoric acid groups is 2. The predicted molar refractivity (Wildman–Crippen MR) is 463 cm³/mol. The fourth-order valence-corrected chi connectivity index (χ4v) is 12.4. The van der Waals surface area contributed by atoms with Crippen molar-refractivity contribution < 1.29 is 80.2 Å². The van der Waals surface area contributed by atoms with Crippen molar-refractivity contribution in [2.24, 2.45) is 0 Å². The summed E-state index contributed by atoms with van der Waals surface area (Å²) in [5.41, 5.74) is 0. The normalized spacial score (nSPS) is 14.7. The maximum atomic E-state index is 13.1. The van der Waals surface area contributed by atoms with Gasteiger partial charge in [-0.1, -0.05) is 306 Å². The number of hydrogen-bond donors (Lipinski definition) is 3. The molecule has 0 radical (unpaired) electrons. The first-order valence-corrected chi connectivity index (χ1v) is 46.0. The number of aliphatic hydroxyl groups excluding tert-OH is 1. The Labute approximate surface area is 679 Å². The fourth-order valence-electron chi connectivity index (χ4n) is 10.9. The Kier molecular flexibility index (Phi) is 78.8. The second-order valence-electron chi connectivity index (χ2n) is 28.0. The molecule has 0 spiro atoms. The molecular formula is C93H152O17P2. The summed E-state index contributed by atoms with van der Waals surface area (Å²) in [6, 6.07) is 0. The number of ether oxygens (including phenoxy) is 4. The lowest BCUT2D eigenvalue weighted by Crippen LogP contribution is -2.30. The molecule has 17 nitrogen and oxygen atoms in total. The van der Waals surface area contributed by atoms with E-state index < -0.39 is 97.5 Å². The molecule has 0 saturated carbocycles. The summed E-state index contributed by atoms with van der Waals surface area (Å²) in [6.07, 6.45) is 102. The molecule has 0 aromatic carbocycles. The summed E-state index contributed by atoms with van der Waals surface area (Å²) in [5, 5.41) is 10.7. The molecule has 112 heavy (non-hydrogen) atoms. The molecule has 0 heterocycles. The third-order valence-corrected chi connectivity index (χ3v) is 19.2. The summed E-state index contributed by atoms with van der Waals surface area (Å²) >= 11 is 0. The van der Waals surface area contributed by atoms with Crippen LogP contribution in [0.5, 0.6) is 0 Å². The number of phosphoric ester groups is 2. The van der Waals surface area contributed by atoms with Crippen molar-refractivity contribution >= 4 is 39.5 Å². The van der Waals surface area contributed by atoms with Crippen LogP contribution in [0.15, 0.2) is 182 Å². The van der Waals surface area contributed by atoms with Gasteiger partial charge in [0, 0.05) is 25.7 Å². The Bertz CT molecular complexity index is 2840. The third kappa shape index (κ3) is 82.2. The summed E-state index contributed by atoms with van der Waals surface area (Å²) in [6.45, 7) is 4.48. The number of allylic oxidation sites excluding steroid dienone is 30. The van der Waals surface area contributed by atoms with E-state index in [-0.39, 0.29) is 25.7 Å². The van der Waals surface area contributed by atoms with E-state index in [0.717, 1.165) is 180 Å². The van der Waals surface area contributed by atoms with E-state index >= 15 is 0 Å². The van der Waals surface area contributed by atoms with Crippen LogP contribution in [0.25, 0.3) is 0 Å². The van der Waals surface area contributed by atoms with E-state index in [2.05, 4.69) is 192 Å². The van der Waals surface area contributed by atoms with Crippen molar-refractivity contribution in [2.45, 2.75) is 341 Å². The number of carbonyl (C=O) groups is 4. The third-order valence-electron chi connectivity index (χ3n) is 17.3. The van der Waals surface area contributed by atoms with E-state index in [0.29, 0.717) is 32.1 Å². The summed E-state index contributed by atoms with van der Waals surface area (Å²) in [5.74, 6) is -2.34. The van der Waals surface area contributed by atoms with Crippen LogP contribution >= 0.6 is 15.6 Å². The second-order valence-corrected chi connectivity index (χ2v) is 30.9. The van der Waals surface area contributed by atoms with Gasteiger partial charge in [-0.15, -0.1) is 0 Å². The van der Waals surface area contributed by atoms with Crippen molar-refractivity contribution in [1.29, 1.82) is 0 Å². The van der Waals surface area contributed by atoms with Gasteiger partial charge in [0.25, 0.3) is 0 Å². The molecule has 0 rings (SSSR count). The molecular weight excluding hydrogens is 1450 g/mol. The van der Waals surface area contributed by atoms with Crippen LogP contribution in [0.2, 0.25) is 0 Å². The first kappa shape index (κ1) is 106. The van der Waals surface area contributed by atoms with E-state index in [1.807, 2.05) is 18.2 Å². The zero-order chi connectivity index (χ0) is 81.7. The summed E-state index contributed by atoms with van der Waals surface area (Å²) in [7, 11) is -10.0. The highest BCUT2D eigenvalue weighted by molar-refractivity contribution is 7.47. The molecule has 5 unspecified atom stereocenters.